The van der Waals surface area contributed by atoms with E-state index in [-0.39, 0.29) is 37.4 Å². The van der Waals surface area contributed by atoms with Crippen molar-refractivity contribution in [2.45, 2.75) is 50.5 Å². The molecule has 2 aromatic rings. The Labute approximate surface area is 204 Å². The lowest BCUT2D eigenvalue weighted by Crippen LogP contribution is -2.46. The number of hydrogen-bond acceptors (Lipinski definition) is 7. The van der Waals surface area contributed by atoms with Gasteiger partial charge in [0, 0.05) is 31.6 Å². The van der Waals surface area contributed by atoms with Crippen molar-refractivity contribution in [3.05, 3.63) is 35.5 Å². The molecule has 0 bridgehead atoms. The molecule has 3 aliphatic heterocycles. The molecule has 13 heteroatoms. The number of carbonyl (C=O) groups excluding carboxylic acids is 2. The van der Waals surface area contributed by atoms with E-state index < -0.39 is 30.3 Å². The first-order chi connectivity index (χ1) is 17.2. The highest BCUT2D eigenvalue weighted by atomic mass is 19.4. The Morgan fingerprint density at radius 2 is 1.94 bits per heavy atom. The summed E-state index contributed by atoms with van der Waals surface area (Å²) in [5, 5.41) is 9.92. The number of aromatic nitrogens is 2. The molecule has 1 aromatic carbocycles. The first-order valence-corrected chi connectivity index (χ1v) is 11.8. The molecular formula is C23H26F3N5O5. The number of nitrogens with one attached hydrogen (secondary N) is 2. The highest BCUT2D eigenvalue weighted by Gasteiger charge is 2.47. The van der Waals surface area contributed by atoms with Crippen LogP contribution in [0.1, 0.15) is 54.3 Å². The van der Waals surface area contributed by atoms with Gasteiger partial charge in [0.05, 0.1) is 12.6 Å². The van der Waals surface area contributed by atoms with E-state index in [0.717, 1.165) is 4.68 Å². The summed E-state index contributed by atoms with van der Waals surface area (Å²) >= 11 is 0. The largest absolute Gasteiger partial charge is 0.454 e. The van der Waals surface area contributed by atoms with Crippen molar-refractivity contribution in [2.24, 2.45) is 0 Å². The topological polar surface area (TPSA) is 107 Å². The van der Waals surface area contributed by atoms with E-state index in [1.54, 1.807) is 30.0 Å². The van der Waals surface area contributed by atoms with Gasteiger partial charge in [-0.15, -0.1) is 0 Å². The van der Waals surface area contributed by atoms with E-state index in [1.165, 1.54) is 6.07 Å². The minimum absolute atomic E-state index is 0.0646. The lowest BCUT2D eigenvalue weighted by Gasteiger charge is -2.33. The van der Waals surface area contributed by atoms with Crippen LogP contribution < -0.4 is 20.1 Å². The van der Waals surface area contributed by atoms with Crippen LogP contribution in [0.2, 0.25) is 0 Å². The summed E-state index contributed by atoms with van der Waals surface area (Å²) < 4.78 is 58.4. The number of piperidine rings is 1. The fraction of sp³-hybridized carbons (Fsp3) is 0.522. The predicted octanol–water partition coefficient (Wildman–Crippen LogP) is 3.62. The van der Waals surface area contributed by atoms with Crippen molar-refractivity contribution >= 4 is 17.8 Å². The van der Waals surface area contributed by atoms with Gasteiger partial charge >= 0.3 is 12.3 Å². The van der Waals surface area contributed by atoms with Crippen LogP contribution in [0.15, 0.2) is 24.3 Å². The minimum atomic E-state index is -4.56. The predicted molar refractivity (Wildman–Crippen MR) is 120 cm³/mol. The maximum Gasteiger partial charge on any atom is 0.410 e. The number of nitrogens with zero attached hydrogens (tertiary/aromatic N) is 3. The maximum absolute atomic E-state index is 14.0. The smallest absolute Gasteiger partial charge is 0.410 e. The molecule has 1 saturated heterocycles. The zero-order valence-corrected chi connectivity index (χ0v) is 19.5. The first-order valence-electron chi connectivity index (χ1n) is 11.8. The number of fused-ring (bicyclic) bond motifs is 2. The molecule has 36 heavy (non-hydrogen) atoms. The van der Waals surface area contributed by atoms with Crippen LogP contribution in [0.5, 0.6) is 11.5 Å². The molecule has 2 unspecified atom stereocenters. The second kappa shape index (κ2) is 9.43. The number of alkyl halides is 3. The number of hydrogen-bond donors (Lipinski definition) is 2. The molecule has 0 spiro atoms. The number of rotatable bonds is 4. The molecule has 10 nitrogen and oxygen atoms in total. The van der Waals surface area contributed by atoms with Gasteiger partial charge in [0.1, 0.15) is 5.82 Å². The minimum Gasteiger partial charge on any atom is -0.454 e. The van der Waals surface area contributed by atoms with Crippen molar-refractivity contribution in [1.29, 1.82) is 0 Å². The van der Waals surface area contributed by atoms with Gasteiger partial charge < -0.3 is 29.7 Å². The molecule has 4 heterocycles. The average molecular weight is 509 g/mol. The average Bonchev–Trinajstić information content (AvgIpc) is 3.50. The number of amides is 2. The quantitative estimate of drug-likeness (QED) is 0.648. The lowest BCUT2D eigenvalue weighted by atomic mass is 9.96. The molecular weight excluding hydrogens is 483 g/mol. The standard InChI is InChI=1S/C23H26F3N5O5/c1-2-34-22(33)30-7-5-14(6-8-30)27-21(32)16-11-20-28-15(10-19(23(24,25)26)31(20)29-16)13-3-4-17-18(9-13)36-12-35-17/h3-4,9,11,14-15,19,28H,2,5-8,10,12H2,1H3,(H,27,32). The van der Waals surface area contributed by atoms with Crippen LogP contribution in [0, 0.1) is 0 Å². The molecule has 5 rings (SSSR count). The van der Waals surface area contributed by atoms with Gasteiger partial charge in [-0.1, -0.05) is 6.07 Å². The molecule has 3 aliphatic rings. The molecule has 194 valence electrons. The van der Waals surface area contributed by atoms with Crippen LogP contribution in [0.25, 0.3) is 0 Å². The summed E-state index contributed by atoms with van der Waals surface area (Å²) in [6.07, 6.45) is -4.25. The zero-order valence-electron chi connectivity index (χ0n) is 19.5. The monoisotopic (exact) mass is 509 g/mol. The van der Waals surface area contributed by atoms with E-state index >= 15 is 0 Å². The number of carbonyl (C=O) groups is 2. The van der Waals surface area contributed by atoms with Crippen LogP contribution in [0.4, 0.5) is 23.8 Å². The van der Waals surface area contributed by atoms with Crippen LogP contribution in [0.3, 0.4) is 0 Å². The second-order valence-corrected chi connectivity index (χ2v) is 8.90. The van der Waals surface area contributed by atoms with Crippen molar-refractivity contribution in [3.8, 4) is 11.5 Å². The molecule has 0 radical (unpaired) electrons. The Morgan fingerprint density at radius 1 is 1.19 bits per heavy atom. The maximum atomic E-state index is 14.0. The number of halogens is 3. The lowest BCUT2D eigenvalue weighted by molar-refractivity contribution is -0.173. The van der Waals surface area contributed by atoms with Crippen molar-refractivity contribution in [2.75, 3.05) is 31.8 Å². The fourth-order valence-electron chi connectivity index (χ4n) is 4.71. The van der Waals surface area contributed by atoms with E-state index in [2.05, 4.69) is 15.7 Å². The van der Waals surface area contributed by atoms with Gasteiger partial charge in [0.25, 0.3) is 5.91 Å². The Hall–Kier alpha value is -3.64. The van der Waals surface area contributed by atoms with Gasteiger partial charge in [0.2, 0.25) is 6.79 Å². The van der Waals surface area contributed by atoms with Crippen molar-refractivity contribution in [1.82, 2.24) is 20.0 Å². The van der Waals surface area contributed by atoms with Crippen molar-refractivity contribution < 1.29 is 37.0 Å². The van der Waals surface area contributed by atoms with Gasteiger partial charge in [-0.3, -0.25) is 4.79 Å². The Balaban J connectivity index is 1.30. The summed E-state index contributed by atoms with van der Waals surface area (Å²) in [5.74, 6) is 0.562. The molecule has 1 aromatic heterocycles. The fourth-order valence-corrected chi connectivity index (χ4v) is 4.71. The molecule has 0 aliphatic carbocycles. The Kier molecular flexibility index (Phi) is 6.31. The number of ether oxygens (including phenoxy) is 3. The van der Waals surface area contributed by atoms with Crippen LogP contribution in [-0.2, 0) is 4.74 Å². The Bertz CT molecular complexity index is 1150. The summed E-state index contributed by atoms with van der Waals surface area (Å²) in [7, 11) is 0. The third-order valence-corrected chi connectivity index (χ3v) is 6.58. The molecule has 2 amide bonds. The van der Waals surface area contributed by atoms with E-state index in [9.17, 15) is 22.8 Å². The van der Waals surface area contributed by atoms with E-state index in [0.29, 0.717) is 43.0 Å². The summed E-state index contributed by atoms with van der Waals surface area (Å²) in [6.45, 7) is 2.90. The summed E-state index contributed by atoms with van der Waals surface area (Å²) in [4.78, 5) is 26.3. The van der Waals surface area contributed by atoms with Crippen LogP contribution in [-0.4, -0.2) is 65.4 Å². The third-order valence-electron chi connectivity index (χ3n) is 6.58. The summed E-state index contributed by atoms with van der Waals surface area (Å²) in [5.41, 5.74) is 0.506. The molecule has 2 N–H and O–H groups in total. The normalized spacial score (nSPS) is 21.5. The molecule has 1 fully saturated rings. The number of anilines is 1. The van der Waals surface area contributed by atoms with E-state index in [4.69, 9.17) is 14.2 Å². The molecule has 0 saturated carbocycles. The zero-order chi connectivity index (χ0) is 25.4. The van der Waals surface area contributed by atoms with E-state index in [1.807, 2.05) is 0 Å². The first kappa shape index (κ1) is 24.1. The highest BCUT2D eigenvalue weighted by molar-refractivity contribution is 5.93. The molecule has 2 atom stereocenters. The van der Waals surface area contributed by atoms with Crippen LogP contribution >= 0.6 is 0 Å². The van der Waals surface area contributed by atoms with Gasteiger partial charge in [-0.05, 0) is 37.5 Å². The van der Waals surface area contributed by atoms with Gasteiger partial charge in [0.15, 0.2) is 23.2 Å². The van der Waals surface area contributed by atoms with Crippen molar-refractivity contribution in [3.63, 3.8) is 0 Å². The van der Waals surface area contributed by atoms with Gasteiger partial charge in [-0.2, -0.15) is 18.3 Å². The Morgan fingerprint density at radius 3 is 2.67 bits per heavy atom. The number of likely N-dealkylation sites (tertiary alicyclic amines) is 1. The van der Waals surface area contributed by atoms with Gasteiger partial charge in [-0.25, -0.2) is 9.48 Å². The summed E-state index contributed by atoms with van der Waals surface area (Å²) in [6, 6.07) is 3.56. The number of benzene rings is 1. The third kappa shape index (κ3) is 4.73. The highest BCUT2D eigenvalue weighted by Crippen LogP contribution is 2.45. The second-order valence-electron chi connectivity index (χ2n) is 8.90. The SMILES string of the molecule is CCOC(=O)N1CCC(NC(=O)c2cc3n(n2)C(C(F)(F)F)CC(c2ccc4c(c2)OCO4)N3)CC1.